The maximum absolute atomic E-state index is 12.1. The molecular weight excluding hydrogens is 312 g/mol. The fourth-order valence-corrected chi connectivity index (χ4v) is 2.74. The smallest absolute Gasteiger partial charge is 0.223 e. The summed E-state index contributed by atoms with van der Waals surface area (Å²) in [5, 5.41) is 8.55. The largest absolute Gasteiger partial charge is 0.497 e. The fourth-order valence-electron chi connectivity index (χ4n) is 2.74. The Morgan fingerprint density at radius 3 is 2.61 bits per heavy atom. The van der Waals surface area contributed by atoms with Gasteiger partial charge in [-0.3, -0.25) is 4.79 Å². The van der Waals surface area contributed by atoms with Crippen molar-refractivity contribution >= 4 is 29.1 Å². The summed E-state index contributed by atoms with van der Waals surface area (Å²) in [6, 6.07) is 12.3. The number of carbonyl (C=O) groups excluding carboxylic acids is 1. The average Bonchev–Trinajstić information content (AvgIpc) is 2.50. The molecule has 1 amide bonds. The molecule has 0 spiro atoms. The molecule has 1 aliphatic heterocycles. The van der Waals surface area contributed by atoms with Crippen LogP contribution in [0, 0.1) is 11.8 Å². The van der Waals surface area contributed by atoms with E-state index in [9.17, 15) is 4.79 Å². The number of rotatable bonds is 5. The standard InChI is InChI=1S/C18H22N2O2.ClH/c1-12(16-10-19-11-16)18(21)20-9-13-3-4-15-8-17(22-2)6-5-14(15)7-13;/h3-8,12,16,19H,9-11H2,1-2H3,(H,20,21);1H. The summed E-state index contributed by atoms with van der Waals surface area (Å²) in [5.74, 6) is 1.55. The molecule has 2 N–H and O–H groups in total. The third kappa shape index (κ3) is 3.95. The number of amides is 1. The number of benzene rings is 2. The molecule has 1 atom stereocenters. The lowest BCUT2D eigenvalue weighted by molar-refractivity contribution is -0.126. The summed E-state index contributed by atoms with van der Waals surface area (Å²) in [5.41, 5.74) is 1.12. The van der Waals surface area contributed by atoms with Gasteiger partial charge in [0.25, 0.3) is 0 Å². The van der Waals surface area contributed by atoms with Gasteiger partial charge in [0.1, 0.15) is 5.75 Å². The van der Waals surface area contributed by atoms with Crippen LogP contribution in [0.2, 0.25) is 0 Å². The van der Waals surface area contributed by atoms with Crippen molar-refractivity contribution in [3.8, 4) is 5.75 Å². The van der Waals surface area contributed by atoms with Crippen LogP contribution in [0.3, 0.4) is 0 Å². The third-order valence-electron chi connectivity index (χ3n) is 4.51. The van der Waals surface area contributed by atoms with Crippen LogP contribution in [0.1, 0.15) is 12.5 Å². The Balaban J connectivity index is 0.00000192. The molecule has 1 fully saturated rings. The molecule has 2 aromatic carbocycles. The van der Waals surface area contributed by atoms with Gasteiger partial charge in [0.05, 0.1) is 7.11 Å². The van der Waals surface area contributed by atoms with Crippen LogP contribution in [0.15, 0.2) is 36.4 Å². The van der Waals surface area contributed by atoms with Crippen molar-refractivity contribution < 1.29 is 9.53 Å². The molecule has 0 bridgehead atoms. The van der Waals surface area contributed by atoms with Gasteiger partial charge in [-0.1, -0.05) is 25.1 Å². The Morgan fingerprint density at radius 2 is 1.96 bits per heavy atom. The van der Waals surface area contributed by atoms with E-state index in [1.165, 1.54) is 0 Å². The number of halogens is 1. The van der Waals surface area contributed by atoms with E-state index in [1.807, 2.05) is 25.1 Å². The summed E-state index contributed by atoms with van der Waals surface area (Å²) in [6.07, 6.45) is 0. The minimum Gasteiger partial charge on any atom is -0.497 e. The normalized spacial score (nSPS) is 15.4. The van der Waals surface area contributed by atoms with E-state index in [-0.39, 0.29) is 24.2 Å². The Labute approximate surface area is 143 Å². The highest BCUT2D eigenvalue weighted by Crippen LogP contribution is 2.22. The van der Waals surface area contributed by atoms with Gasteiger partial charge >= 0.3 is 0 Å². The SMILES string of the molecule is COc1ccc2cc(CNC(=O)C(C)C3CNC3)ccc2c1.Cl. The summed E-state index contributed by atoms with van der Waals surface area (Å²) >= 11 is 0. The molecule has 3 rings (SSSR count). The Morgan fingerprint density at radius 1 is 1.26 bits per heavy atom. The first-order chi connectivity index (χ1) is 10.7. The second-order valence-electron chi connectivity index (χ2n) is 5.97. The number of carbonyl (C=O) groups is 1. The zero-order valence-corrected chi connectivity index (χ0v) is 14.3. The van der Waals surface area contributed by atoms with Crippen molar-refractivity contribution in [2.24, 2.45) is 11.8 Å². The van der Waals surface area contributed by atoms with Crippen molar-refractivity contribution in [2.45, 2.75) is 13.5 Å². The molecular formula is C18H23ClN2O2. The van der Waals surface area contributed by atoms with Gasteiger partial charge in [0, 0.05) is 12.5 Å². The molecule has 5 heteroatoms. The Bertz CT molecular complexity index is 686. The molecule has 2 aromatic rings. The van der Waals surface area contributed by atoms with Crippen LogP contribution in [-0.4, -0.2) is 26.1 Å². The minimum absolute atomic E-state index is 0. The topological polar surface area (TPSA) is 50.4 Å². The van der Waals surface area contributed by atoms with Gasteiger partial charge in [-0.25, -0.2) is 0 Å². The quantitative estimate of drug-likeness (QED) is 0.884. The van der Waals surface area contributed by atoms with Crippen LogP contribution in [0.5, 0.6) is 5.75 Å². The summed E-state index contributed by atoms with van der Waals surface area (Å²) < 4.78 is 5.23. The van der Waals surface area contributed by atoms with E-state index in [2.05, 4.69) is 28.8 Å². The minimum atomic E-state index is 0. The molecule has 124 valence electrons. The Kier molecular flexibility index (Phi) is 5.85. The van der Waals surface area contributed by atoms with Gasteiger partial charge in [0.2, 0.25) is 5.91 Å². The first kappa shape index (κ1) is 17.6. The van der Waals surface area contributed by atoms with Crippen molar-refractivity contribution in [3.63, 3.8) is 0 Å². The van der Waals surface area contributed by atoms with Crippen LogP contribution in [0.4, 0.5) is 0 Å². The average molecular weight is 335 g/mol. The summed E-state index contributed by atoms with van der Waals surface area (Å²) in [4.78, 5) is 12.1. The van der Waals surface area contributed by atoms with Crippen LogP contribution in [-0.2, 0) is 11.3 Å². The number of ether oxygens (including phenoxy) is 1. The molecule has 0 aromatic heterocycles. The Hall–Kier alpha value is -1.78. The number of methoxy groups -OCH3 is 1. The monoisotopic (exact) mass is 334 g/mol. The van der Waals surface area contributed by atoms with Crippen LogP contribution in [0.25, 0.3) is 10.8 Å². The number of hydrogen-bond donors (Lipinski definition) is 2. The first-order valence-electron chi connectivity index (χ1n) is 7.72. The summed E-state index contributed by atoms with van der Waals surface area (Å²) in [7, 11) is 1.67. The predicted molar refractivity (Wildman–Crippen MR) is 95.1 cm³/mol. The highest BCUT2D eigenvalue weighted by Gasteiger charge is 2.28. The van der Waals surface area contributed by atoms with Crippen molar-refractivity contribution in [1.82, 2.24) is 10.6 Å². The van der Waals surface area contributed by atoms with Gasteiger partial charge in [-0.2, -0.15) is 0 Å². The van der Waals surface area contributed by atoms with E-state index < -0.39 is 0 Å². The second-order valence-corrected chi connectivity index (χ2v) is 5.97. The molecule has 0 aliphatic carbocycles. The molecule has 4 nitrogen and oxygen atoms in total. The van der Waals surface area contributed by atoms with Crippen LogP contribution < -0.4 is 15.4 Å². The van der Waals surface area contributed by atoms with Gasteiger partial charge in [-0.05, 0) is 53.5 Å². The lowest BCUT2D eigenvalue weighted by Crippen LogP contribution is -2.49. The van der Waals surface area contributed by atoms with Crippen molar-refractivity contribution in [2.75, 3.05) is 20.2 Å². The van der Waals surface area contributed by atoms with E-state index in [0.29, 0.717) is 12.5 Å². The molecule has 0 radical (unpaired) electrons. The van der Waals surface area contributed by atoms with E-state index in [1.54, 1.807) is 7.11 Å². The molecule has 1 heterocycles. The number of fused-ring (bicyclic) bond motifs is 1. The van der Waals surface area contributed by atoms with Gasteiger partial charge in [-0.15, -0.1) is 12.4 Å². The van der Waals surface area contributed by atoms with Gasteiger partial charge in [0.15, 0.2) is 0 Å². The zero-order chi connectivity index (χ0) is 15.5. The molecule has 0 saturated carbocycles. The van der Waals surface area contributed by atoms with E-state index in [0.717, 1.165) is 35.2 Å². The predicted octanol–water partition coefficient (Wildman–Crippen LogP) is 2.74. The third-order valence-corrected chi connectivity index (χ3v) is 4.51. The number of hydrogen-bond acceptors (Lipinski definition) is 3. The molecule has 1 unspecified atom stereocenters. The van der Waals surface area contributed by atoms with Crippen LogP contribution >= 0.6 is 12.4 Å². The molecule has 1 saturated heterocycles. The maximum Gasteiger partial charge on any atom is 0.223 e. The lowest BCUT2D eigenvalue weighted by atomic mass is 9.88. The first-order valence-corrected chi connectivity index (χ1v) is 7.72. The van der Waals surface area contributed by atoms with Crippen molar-refractivity contribution in [3.05, 3.63) is 42.0 Å². The highest BCUT2D eigenvalue weighted by atomic mass is 35.5. The highest BCUT2D eigenvalue weighted by molar-refractivity contribution is 5.85. The lowest BCUT2D eigenvalue weighted by Gasteiger charge is -2.31. The number of nitrogens with one attached hydrogen (secondary N) is 2. The fraction of sp³-hybridized carbons (Fsp3) is 0.389. The van der Waals surface area contributed by atoms with E-state index in [4.69, 9.17) is 4.74 Å². The molecule has 23 heavy (non-hydrogen) atoms. The summed E-state index contributed by atoms with van der Waals surface area (Å²) in [6.45, 7) is 4.48. The maximum atomic E-state index is 12.1. The second kappa shape index (κ2) is 7.66. The molecule has 1 aliphatic rings. The van der Waals surface area contributed by atoms with Crippen molar-refractivity contribution in [1.29, 1.82) is 0 Å². The van der Waals surface area contributed by atoms with E-state index >= 15 is 0 Å². The zero-order valence-electron chi connectivity index (χ0n) is 13.5. The van der Waals surface area contributed by atoms with Gasteiger partial charge < -0.3 is 15.4 Å².